The third-order valence-corrected chi connectivity index (χ3v) is 4.10. The molecule has 3 rings (SSSR count). The minimum Gasteiger partial charge on any atom is -0.454 e. The van der Waals surface area contributed by atoms with E-state index in [1.165, 1.54) is 12.8 Å². The monoisotopic (exact) mass is 275 g/mol. The molecule has 0 spiro atoms. The third-order valence-electron chi connectivity index (χ3n) is 4.10. The van der Waals surface area contributed by atoms with Crippen LogP contribution in [-0.4, -0.2) is 36.6 Å². The van der Waals surface area contributed by atoms with Gasteiger partial charge in [-0.3, -0.25) is 9.69 Å². The summed E-state index contributed by atoms with van der Waals surface area (Å²) < 4.78 is 10.7. The van der Waals surface area contributed by atoms with Crippen LogP contribution >= 0.6 is 0 Å². The molecule has 1 saturated heterocycles. The first kappa shape index (κ1) is 13.4. The van der Waals surface area contributed by atoms with E-state index in [-0.39, 0.29) is 18.6 Å². The highest BCUT2D eigenvalue weighted by Gasteiger charge is 2.29. The number of carbonyl (C=O) groups is 1. The van der Waals surface area contributed by atoms with Gasteiger partial charge in [-0.25, -0.2) is 0 Å². The van der Waals surface area contributed by atoms with Gasteiger partial charge in [0.05, 0.1) is 6.04 Å². The fraction of sp³-hybridized carbons (Fsp3) is 0.562. The average molecular weight is 275 g/mol. The number of ketones is 1. The van der Waals surface area contributed by atoms with Crippen LogP contribution in [0.2, 0.25) is 0 Å². The molecule has 0 radical (unpaired) electrons. The van der Waals surface area contributed by atoms with Gasteiger partial charge in [-0.1, -0.05) is 13.3 Å². The molecule has 20 heavy (non-hydrogen) atoms. The van der Waals surface area contributed by atoms with Gasteiger partial charge in [0.1, 0.15) is 0 Å². The summed E-state index contributed by atoms with van der Waals surface area (Å²) in [6, 6.07) is 5.53. The van der Waals surface area contributed by atoms with Crippen LogP contribution in [0.5, 0.6) is 11.5 Å². The Bertz CT molecular complexity index is 494. The molecule has 1 atom stereocenters. The second kappa shape index (κ2) is 5.83. The predicted octanol–water partition coefficient (Wildman–Crippen LogP) is 2.86. The van der Waals surface area contributed by atoms with Crippen LogP contribution in [0.1, 0.15) is 43.0 Å². The van der Waals surface area contributed by atoms with Gasteiger partial charge >= 0.3 is 0 Å². The van der Waals surface area contributed by atoms with Gasteiger partial charge in [-0.15, -0.1) is 0 Å². The van der Waals surface area contributed by atoms with Gasteiger partial charge < -0.3 is 9.47 Å². The molecule has 4 nitrogen and oxygen atoms in total. The lowest BCUT2D eigenvalue weighted by Gasteiger charge is -2.26. The highest BCUT2D eigenvalue weighted by Crippen LogP contribution is 2.33. The average Bonchev–Trinajstić information content (AvgIpc) is 3.13. The Balaban J connectivity index is 1.81. The molecule has 0 amide bonds. The van der Waals surface area contributed by atoms with Crippen molar-refractivity contribution < 1.29 is 14.3 Å². The summed E-state index contributed by atoms with van der Waals surface area (Å²) in [4.78, 5) is 15.1. The number of Topliss-reactive ketones (excluding diaryl/α,β-unsaturated/α-hetero) is 1. The van der Waals surface area contributed by atoms with Crippen molar-refractivity contribution in [3.8, 4) is 11.5 Å². The van der Waals surface area contributed by atoms with Crippen LogP contribution in [0.3, 0.4) is 0 Å². The van der Waals surface area contributed by atoms with Crippen molar-refractivity contribution in [1.29, 1.82) is 0 Å². The van der Waals surface area contributed by atoms with E-state index in [0.29, 0.717) is 5.75 Å². The topological polar surface area (TPSA) is 38.8 Å². The first-order valence-electron chi connectivity index (χ1n) is 7.47. The van der Waals surface area contributed by atoms with E-state index in [4.69, 9.17) is 9.47 Å². The van der Waals surface area contributed by atoms with Crippen molar-refractivity contribution >= 4 is 5.78 Å². The number of rotatable bonds is 5. The van der Waals surface area contributed by atoms with Gasteiger partial charge in [0.15, 0.2) is 17.3 Å². The van der Waals surface area contributed by atoms with E-state index < -0.39 is 0 Å². The quantitative estimate of drug-likeness (QED) is 0.775. The minimum absolute atomic E-state index is 0.0165. The molecular formula is C16H21NO3. The molecule has 2 aliphatic rings. The first-order chi connectivity index (χ1) is 9.79. The normalized spacial score (nSPS) is 19.2. The highest BCUT2D eigenvalue weighted by molar-refractivity contribution is 6.00. The largest absolute Gasteiger partial charge is 0.454 e. The molecule has 0 unspecified atom stereocenters. The summed E-state index contributed by atoms with van der Waals surface area (Å²) in [5, 5.41) is 0. The highest BCUT2D eigenvalue weighted by atomic mass is 16.7. The van der Waals surface area contributed by atoms with Crippen LogP contribution in [0.4, 0.5) is 0 Å². The zero-order valence-corrected chi connectivity index (χ0v) is 11.9. The predicted molar refractivity (Wildman–Crippen MR) is 76.4 cm³/mol. The Labute approximate surface area is 119 Å². The summed E-state index contributed by atoms with van der Waals surface area (Å²) in [5.74, 6) is 1.63. The lowest BCUT2D eigenvalue weighted by molar-refractivity contribution is 0.0836. The molecule has 1 aromatic rings. The fourth-order valence-electron chi connectivity index (χ4n) is 3.05. The number of fused-ring (bicyclic) bond motifs is 1. The summed E-state index contributed by atoms with van der Waals surface area (Å²) in [5.41, 5.74) is 0.736. The number of benzene rings is 1. The Morgan fingerprint density at radius 3 is 2.75 bits per heavy atom. The Hall–Kier alpha value is -1.55. The molecule has 2 aliphatic heterocycles. The van der Waals surface area contributed by atoms with Gasteiger partial charge in [0.2, 0.25) is 6.79 Å². The van der Waals surface area contributed by atoms with Crippen molar-refractivity contribution in [3.63, 3.8) is 0 Å². The summed E-state index contributed by atoms with van der Waals surface area (Å²) in [6.45, 7) is 4.47. The van der Waals surface area contributed by atoms with Crippen LogP contribution in [0.15, 0.2) is 18.2 Å². The zero-order valence-electron chi connectivity index (χ0n) is 11.9. The first-order valence-corrected chi connectivity index (χ1v) is 7.47. The number of ether oxygens (including phenoxy) is 2. The van der Waals surface area contributed by atoms with E-state index in [1.54, 1.807) is 0 Å². The molecule has 0 aliphatic carbocycles. The van der Waals surface area contributed by atoms with Crippen molar-refractivity contribution in [2.45, 2.75) is 38.6 Å². The molecule has 4 heteroatoms. The number of hydrogen-bond acceptors (Lipinski definition) is 4. The SMILES string of the molecule is CCC[C@@H](C(=O)c1ccc2c(c1)OCO2)N1CCCC1. The van der Waals surface area contributed by atoms with Crippen LogP contribution in [0.25, 0.3) is 0 Å². The summed E-state index contributed by atoms with van der Waals surface area (Å²) in [7, 11) is 0. The van der Waals surface area contributed by atoms with E-state index in [0.717, 1.165) is 37.2 Å². The lowest BCUT2D eigenvalue weighted by Crippen LogP contribution is -2.39. The smallest absolute Gasteiger partial charge is 0.231 e. The van der Waals surface area contributed by atoms with Crippen molar-refractivity contribution in [1.82, 2.24) is 4.90 Å². The fourth-order valence-corrected chi connectivity index (χ4v) is 3.05. The third kappa shape index (κ3) is 2.52. The minimum atomic E-state index is 0.0165. The maximum atomic E-state index is 12.8. The van der Waals surface area contributed by atoms with Crippen LogP contribution in [0, 0.1) is 0 Å². The van der Waals surface area contributed by atoms with Gasteiger partial charge in [-0.2, -0.15) is 0 Å². The summed E-state index contributed by atoms with van der Waals surface area (Å²) in [6.07, 6.45) is 4.36. The molecule has 1 fully saturated rings. The van der Waals surface area contributed by atoms with Crippen molar-refractivity contribution in [3.05, 3.63) is 23.8 Å². The number of carbonyl (C=O) groups excluding carboxylic acids is 1. The second-order valence-corrected chi connectivity index (χ2v) is 5.48. The van der Waals surface area contributed by atoms with Crippen LogP contribution < -0.4 is 9.47 Å². The lowest BCUT2D eigenvalue weighted by atomic mass is 9.99. The molecule has 108 valence electrons. The maximum Gasteiger partial charge on any atom is 0.231 e. The standard InChI is InChI=1S/C16H21NO3/c1-2-5-13(17-8-3-4-9-17)16(18)12-6-7-14-15(10-12)20-11-19-14/h6-7,10,13H,2-5,8-9,11H2,1H3/t13-/m0/s1. The Kier molecular flexibility index (Phi) is 3.92. The molecule has 0 aromatic heterocycles. The van der Waals surface area contributed by atoms with Crippen molar-refractivity contribution in [2.75, 3.05) is 19.9 Å². The van der Waals surface area contributed by atoms with E-state index in [1.807, 2.05) is 18.2 Å². The number of hydrogen-bond donors (Lipinski definition) is 0. The summed E-state index contributed by atoms with van der Waals surface area (Å²) >= 11 is 0. The van der Waals surface area contributed by atoms with Gasteiger partial charge in [0, 0.05) is 5.56 Å². The molecule has 2 heterocycles. The molecule has 1 aromatic carbocycles. The van der Waals surface area contributed by atoms with Gasteiger partial charge in [-0.05, 0) is 50.6 Å². The molecular weight excluding hydrogens is 254 g/mol. The Morgan fingerprint density at radius 2 is 2.00 bits per heavy atom. The van der Waals surface area contributed by atoms with E-state index in [2.05, 4.69) is 11.8 Å². The molecule has 0 N–H and O–H groups in total. The van der Waals surface area contributed by atoms with E-state index >= 15 is 0 Å². The number of nitrogens with zero attached hydrogens (tertiary/aromatic N) is 1. The van der Waals surface area contributed by atoms with Crippen molar-refractivity contribution in [2.24, 2.45) is 0 Å². The van der Waals surface area contributed by atoms with E-state index in [9.17, 15) is 4.79 Å². The van der Waals surface area contributed by atoms with Gasteiger partial charge in [0.25, 0.3) is 0 Å². The maximum absolute atomic E-state index is 12.8. The Morgan fingerprint density at radius 1 is 1.25 bits per heavy atom. The number of likely N-dealkylation sites (tertiary alicyclic amines) is 1. The zero-order chi connectivity index (χ0) is 13.9. The van der Waals surface area contributed by atoms with Crippen LogP contribution in [-0.2, 0) is 0 Å². The molecule has 0 saturated carbocycles. The second-order valence-electron chi connectivity index (χ2n) is 5.48. The molecule has 0 bridgehead atoms.